The lowest BCUT2D eigenvalue weighted by Crippen LogP contribution is -2.47. The molecular weight excluding hydrogens is 138 g/mol. The molecule has 1 heterocycles. The van der Waals surface area contributed by atoms with Gasteiger partial charge in [0.05, 0.1) is 6.10 Å². The maximum absolute atomic E-state index is 5.43. The van der Waals surface area contributed by atoms with Gasteiger partial charge in [-0.15, -0.1) is 0 Å². The summed E-state index contributed by atoms with van der Waals surface area (Å²) in [5, 5.41) is 0. The third-order valence-electron chi connectivity index (χ3n) is 2.61. The molecule has 11 heavy (non-hydrogen) atoms. The van der Waals surface area contributed by atoms with Crippen LogP contribution in [0.1, 0.15) is 20.3 Å². The molecule has 2 heteroatoms. The van der Waals surface area contributed by atoms with Gasteiger partial charge in [-0.3, -0.25) is 0 Å². The molecule has 0 aliphatic carbocycles. The van der Waals surface area contributed by atoms with Crippen LogP contribution < -0.4 is 0 Å². The number of rotatable bonds is 1. The van der Waals surface area contributed by atoms with Gasteiger partial charge >= 0.3 is 0 Å². The van der Waals surface area contributed by atoms with E-state index < -0.39 is 0 Å². The molecule has 0 unspecified atom stereocenters. The monoisotopic (exact) mass is 157 g/mol. The zero-order chi connectivity index (χ0) is 8.48. The third-order valence-corrected chi connectivity index (χ3v) is 2.61. The van der Waals surface area contributed by atoms with Gasteiger partial charge in [-0.05, 0) is 13.5 Å². The molecule has 1 aliphatic heterocycles. The highest BCUT2D eigenvalue weighted by Crippen LogP contribution is 2.30. The van der Waals surface area contributed by atoms with Crippen molar-refractivity contribution in [2.75, 3.05) is 27.2 Å². The Labute approximate surface area is 69.5 Å². The maximum atomic E-state index is 5.43. The number of hydrogen-bond acceptors (Lipinski definition) is 2. The first-order valence-electron chi connectivity index (χ1n) is 4.27. The van der Waals surface area contributed by atoms with Crippen LogP contribution in [-0.2, 0) is 4.74 Å². The van der Waals surface area contributed by atoms with E-state index >= 15 is 0 Å². The van der Waals surface area contributed by atoms with E-state index in [1.165, 1.54) is 13.0 Å². The van der Waals surface area contributed by atoms with Gasteiger partial charge < -0.3 is 9.64 Å². The maximum Gasteiger partial charge on any atom is 0.0646 e. The Morgan fingerprint density at radius 3 is 2.55 bits per heavy atom. The van der Waals surface area contributed by atoms with E-state index in [0.29, 0.717) is 11.5 Å². The second kappa shape index (κ2) is 3.11. The van der Waals surface area contributed by atoms with Gasteiger partial charge in [-0.25, -0.2) is 0 Å². The fraction of sp³-hybridized carbons (Fsp3) is 1.00. The summed E-state index contributed by atoms with van der Waals surface area (Å²) in [5.74, 6) is 0. The SMILES string of the molecule is CO[C@H]1CCN(C)CC1(C)C. The molecule has 1 atom stereocenters. The average Bonchev–Trinajstić information content (AvgIpc) is 1.85. The summed E-state index contributed by atoms with van der Waals surface area (Å²) >= 11 is 0. The molecule has 0 aromatic carbocycles. The highest BCUT2D eigenvalue weighted by molar-refractivity contribution is 4.86. The second-order valence-corrected chi connectivity index (χ2v) is 4.24. The van der Waals surface area contributed by atoms with Gasteiger partial charge in [0.2, 0.25) is 0 Å². The lowest BCUT2D eigenvalue weighted by molar-refractivity contribution is -0.0449. The van der Waals surface area contributed by atoms with Crippen molar-refractivity contribution >= 4 is 0 Å². The fourth-order valence-corrected chi connectivity index (χ4v) is 2.04. The van der Waals surface area contributed by atoms with Gasteiger partial charge in [0, 0.05) is 25.6 Å². The Morgan fingerprint density at radius 1 is 1.45 bits per heavy atom. The molecule has 1 rings (SSSR count). The highest BCUT2D eigenvalue weighted by Gasteiger charge is 2.34. The molecule has 0 aromatic rings. The summed E-state index contributed by atoms with van der Waals surface area (Å²) in [6.07, 6.45) is 1.61. The largest absolute Gasteiger partial charge is 0.381 e. The Kier molecular flexibility index (Phi) is 2.55. The molecule has 0 amide bonds. The molecule has 0 N–H and O–H groups in total. The molecule has 0 aromatic heterocycles. The topological polar surface area (TPSA) is 12.5 Å². The van der Waals surface area contributed by atoms with Crippen molar-refractivity contribution < 1.29 is 4.74 Å². The van der Waals surface area contributed by atoms with Crippen LogP contribution in [0.2, 0.25) is 0 Å². The number of piperidine rings is 1. The lowest BCUT2D eigenvalue weighted by Gasteiger charge is -2.41. The molecule has 0 bridgehead atoms. The van der Waals surface area contributed by atoms with Crippen molar-refractivity contribution in [2.24, 2.45) is 5.41 Å². The Bertz CT molecular complexity index is 134. The molecule has 66 valence electrons. The first-order valence-corrected chi connectivity index (χ1v) is 4.27. The molecule has 1 aliphatic rings. The standard InChI is InChI=1S/C9H19NO/c1-9(2)7-10(3)6-5-8(9)11-4/h8H,5-7H2,1-4H3/t8-/m0/s1. The van der Waals surface area contributed by atoms with E-state index in [1.54, 1.807) is 0 Å². The van der Waals surface area contributed by atoms with Crippen molar-refractivity contribution in [3.8, 4) is 0 Å². The lowest BCUT2D eigenvalue weighted by atomic mass is 9.81. The summed E-state index contributed by atoms with van der Waals surface area (Å²) in [4.78, 5) is 2.37. The van der Waals surface area contributed by atoms with Crippen molar-refractivity contribution in [1.29, 1.82) is 0 Å². The minimum absolute atomic E-state index is 0.321. The Morgan fingerprint density at radius 2 is 2.09 bits per heavy atom. The van der Waals surface area contributed by atoms with Crippen LogP contribution in [0.25, 0.3) is 0 Å². The average molecular weight is 157 g/mol. The van der Waals surface area contributed by atoms with Gasteiger partial charge in [-0.1, -0.05) is 13.8 Å². The van der Waals surface area contributed by atoms with E-state index in [9.17, 15) is 0 Å². The number of nitrogens with zero attached hydrogens (tertiary/aromatic N) is 1. The number of methoxy groups -OCH3 is 1. The minimum atomic E-state index is 0.321. The molecule has 1 saturated heterocycles. The van der Waals surface area contributed by atoms with Crippen LogP contribution in [0.4, 0.5) is 0 Å². The van der Waals surface area contributed by atoms with Gasteiger partial charge in [0.1, 0.15) is 0 Å². The fourth-order valence-electron chi connectivity index (χ4n) is 2.04. The summed E-state index contributed by atoms with van der Waals surface area (Å²) in [7, 11) is 3.99. The summed E-state index contributed by atoms with van der Waals surface area (Å²) in [6.45, 7) is 6.86. The van der Waals surface area contributed by atoms with E-state index in [2.05, 4.69) is 25.8 Å². The Balaban J connectivity index is 2.56. The summed E-state index contributed by atoms with van der Waals surface area (Å²) in [5.41, 5.74) is 0.321. The van der Waals surface area contributed by atoms with Crippen LogP contribution in [-0.4, -0.2) is 38.3 Å². The number of hydrogen-bond donors (Lipinski definition) is 0. The summed E-state index contributed by atoms with van der Waals surface area (Å²) in [6, 6.07) is 0. The van der Waals surface area contributed by atoms with Crippen LogP contribution in [0, 0.1) is 5.41 Å². The normalized spacial score (nSPS) is 32.2. The third kappa shape index (κ3) is 1.94. The molecule has 0 saturated carbocycles. The number of ether oxygens (including phenoxy) is 1. The van der Waals surface area contributed by atoms with E-state index in [0.717, 1.165) is 6.54 Å². The first-order chi connectivity index (χ1) is 5.06. The Hall–Kier alpha value is -0.0800. The quantitative estimate of drug-likeness (QED) is 0.570. The zero-order valence-corrected chi connectivity index (χ0v) is 8.05. The van der Waals surface area contributed by atoms with E-state index in [1.807, 2.05) is 7.11 Å². The first kappa shape index (κ1) is 9.01. The molecule has 0 spiro atoms. The van der Waals surface area contributed by atoms with Crippen molar-refractivity contribution in [1.82, 2.24) is 4.90 Å². The molecule has 2 nitrogen and oxygen atoms in total. The van der Waals surface area contributed by atoms with Crippen LogP contribution in [0.5, 0.6) is 0 Å². The zero-order valence-electron chi connectivity index (χ0n) is 8.05. The van der Waals surface area contributed by atoms with Gasteiger partial charge in [0.15, 0.2) is 0 Å². The van der Waals surface area contributed by atoms with Gasteiger partial charge in [-0.2, -0.15) is 0 Å². The van der Waals surface area contributed by atoms with Crippen molar-refractivity contribution in [3.63, 3.8) is 0 Å². The summed E-state index contributed by atoms with van der Waals surface area (Å²) < 4.78 is 5.43. The minimum Gasteiger partial charge on any atom is -0.381 e. The predicted octanol–water partition coefficient (Wildman–Crippen LogP) is 1.36. The number of likely N-dealkylation sites (tertiary alicyclic amines) is 1. The van der Waals surface area contributed by atoms with Crippen LogP contribution in [0.15, 0.2) is 0 Å². The van der Waals surface area contributed by atoms with E-state index in [4.69, 9.17) is 4.74 Å². The van der Waals surface area contributed by atoms with Crippen molar-refractivity contribution in [3.05, 3.63) is 0 Å². The van der Waals surface area contributed by atoms with Crippen molar-refractivity contribution in [2.45, 2.75) is 26.4 Å². The van der Waals surface area contributed by atoms with Crippen LogP contribution >= 0.6 is 0 Å². The predicted molar refractivity (Wildman–Crippen MR) is 46.7 cm³/mol. The molecular formula is C9H19NO. The smallest absolute Gasteiger partial charge is 0.0646 e. The van der Waals surface area contributed by atoms with Crippen LogP contribution in [0.3, 0.4) is 0 Å². The van der Waals surface area contributed by atoms with E-state index in [-0.39, 0.29) is 0 Å². The highest BCUT2D eigenvalue weighted by atomic mass is 16.5. The molecule has 1 fully saturated rings. The second-order valence-electron chi connectivity index (χ2n) is 4.24. The van der Waals surface area contributed by atoms with Gasteiger partial charge in [0.25, 0.3) is 0 Å². The molecule has 0 radical (unpaired) electrons.